The molecule has 1 aliphatic heterocycles. The molecule has 6 heteroatoms. The summed E-state index contributed by atoms with van der Waals surface area (Å²) in [6, 6.07) is 15.6. The van der Waals surface area contributed by atoms with E-state index in [-0.39, 0.29) is 17.7 Å². The number of nitrogens with zero attached hydrogens (tertiary/aromatic N) is 2. The molecule has 1 unspecified atom stereocenters. The van der Waals surface area contributed by atoms with Gasteiger partial charge in [0.1, 0.15) is 0 Å². The number of hydrogen-bond donors (Lipinski definition) is 1. The SMILES string of the molecule is NC(=O)C1CCCN(C(=O)c2c3c(nc4ccccc24)/C(=C\c2ccccc2Cl)CCC3)C1. The first-order valence-electron chi connectivity index (χ1n) is 11.5. The maximum atomic E-state index is 13.9. The summed E-state index contributed by atoms with van der Waals surface area (Å²) in [5.74, 6) is -0.656. The number of carbonyl (C=O) groups is 2. The summed E-state index contributed by atoms with van der Waals surface area (Å²) in [5, 5.41) is 1.56. The van der Waals surface area contributed by atoms with Crippen molar-refractivity contribution in [2.24, 2.45) is 11.7 Å². The predicted molar refractivity (Wildman–Crippen MR) is 132 cm³/mol. The maximum absolute atomic E-state index is 13.9. The van der Waals surface area contributed by atoms with E-state index in [0.29, 0.717) is 23.7 Å². The molecule has 1 aromatic heterocycles. The molecule has 2 N–H and O–H groups in total. The number of para-hydroxylation sites is 1. The van der Waals surface area contributed by atoms with Gasteiger partial charge in [0.25, 0.3) is 5.91 Å². The normalized spacial score (nSPS) is 19.5. The quantitative estimate of drug-likeness (QED) is 0.591. The minimum atomic E-state index is -0.334. The average Bonchev–Trinajstić information content (AvgIpc) is 2.84. The zero-order chi connectivity index (χ0) is 22.9. The molecule has 2 aromatic carbocycles. The van der Waals surface area contributed by atoms with E-state index >= 15 is 0 Å². The summed E-state index contributed by atoms with van der Waals surface area (Å²) < 4.78 is 0. The van der Waals surface area contributed by atoms with Gasteiger partial charge in [0.15, 0.2) is 0 Å². The minimum Gasteiger partial charge on any atom is -0.369 e. The Morgan fingerprint density at radius 3 is 2.67 bits per heavy atom. The fourth-order valence-corrected chi connectivity index (χ4v) is 5.24. The van der Waals surface area contributed by atoms with E-state index in [1.165, 1.54) is 0 Å². The van der Waals surface area contributed by atoms with Gasteiger partial charge in [-0.05, 0) is 67.0 Å². The van der Waals surface area contributed by atoms with Crippen LogP contribution in [0.15, 0.2) is 48.5 Å². The number of piperidine rings is 1. The van der Waals surface area contributed by atoms with E-state index in [4.69, 9.17) is 22.3 Å². The van der Waals surface area contributed by atoms with Crippen LogP contribution in [0.4, 0.5) is 0 Å². The van der Waals surface area contributed by atoms with Gasteiger partial charge in [-0.1, -0.05) is 48.0 Å². The van der Waals surface area contributed by atoms with Crippen molar-refractivity contribution in [3.05, 3.63) is 75.9 Å². The molecule has 0 radical (unpaired) electrons. The lowest BCUT2D eigenvalue weighted by Gasteiger charge is -2.33. The lowest BCUT2D eigenvalue weighted by atomic mass is 9.85. The van der Waals surface area contributed by atoms with E-state index in [0.717, 1.165) is 65.4 Å². The van der Waals surface area contributed by atoms with Gasteiger partial charge in [-0.2, -0.15) is 0 Å². The van der Waals surface area contributed by atoms with Crippen LogP contribution in [-0.2, 0) is 11.2 Å². The number of allylic oxidation sites excluding steroid dienone is 1. The van der Waals surface area contributed by atoms with Crippen LogP contribution in [0.1, 0.15) is 52.9 Å². The van der Waals surface area contributed by atoms with Crippen LogP contribution in [0, 0.1) is 5.92 Å². The second kappa shape index (κ2) is 8.99. The van der Waals surface area contributed by atoms with Crippen LogP contribution >= 0.6 is 11.6 Å². The molecule has 5 nitrogen and oxygen atoms in total. The van der Waals surface area contributed by atoms with E-state index in [1.807, 2.05) is 48.5 Å². The van der Waals surface area contributed by atoms with Crippen molar-refractivity contribution in [3.8, 4) is 0 Å². The number of fused-ring (bicyclic) bond motifs is 2. The first-order valence-corrected chi connectivity index (χ1v) is 11.9. The monoisotopic (exact) mass is 459 g/mol. The molecule has 168 valence electrons. The fourth-order valence-electron chi connectivity index (χ4n) is 5.05. The number of amides is 2. The number of halogens is 1. The lowest BCUT2D eigenvalue weighted by Crippen LogP contribution is -2.44. The number of likely N-dealkylation sites (tertiary alicyclic amines) is 1. The Balaban J connectivity index is 1.65. The highest BCUT2D eigenvalue weighted by molar-refractivity contribution is 6.32. The first-order chi connectivity index (χ1) is 16.0. The Kier molecular flexibility index (Phi) is 5.90. The van der Waals surface area contributed by atoms with Crippen molar-refractivity contribution in [3.63, 3.8) is 0 Å². The zero-order valence-electron chi connectivity index (χ0n) is 18.4. The smallest absolute Gasteiger partial charge is 0.254 e. The largest absolute Gasteiger partial charge is 0.369 e. The number of nitrogens with two attached hydrogens (primary N) is 1. The topological polar surface area (TPSA) is 76.3 Å². The molecule has 2 aliphatic rings. The number of pyridine rings is 1. The van der Waals surface area contributed by atoms with Crippen LogP contribution < -0.4 is 5.73 Å². The molecule has 0 bridgehead atoms. The van der Waals surface area contributed by atoms with Crippen LogP contribution in [0.5, 0.6) is 0 Å². The number of benzene rings is 2. The highest BCUT2D eigenvalue weighted by Gasteiger charge is 2.32. The maximum Gasteiger partial charge on any atom is 0.254 e. The van der Waals surface area contributed by atoms with E-state index in [2.05, 4.69) is 6.08 Å². The van der Waals surface area contributed by atoms with E-state index < -0.39 is 0 Å². The van der Waals surface area contributed by atoms with Gasteiger partial charge in [0.2, 0.25) is 5.91 Å². The highest BCUT2D eigenvalue weighted by Crippen LogP contribution is 2.37. The third kappa shape index (κ3) is 4.13. The van der Waals surface area contributed by atoms with Crippen molar-refractivity contribution < 1.29 is 9.59 Å². The lowest BCUT2D eigenvalue weighted by molar-refractivity contribution is -0.123. The third-order valence-corrected chi connectivity index (χ3v) is 7.07. The zero-order valence-corrected chi connectivity index (χ0v) is 19.1. The Bertz CT molecular complexity index is 1280. The Morgan fingerprint density at radius 2 is 1.85 bits per heavy atom. The van der Waals surface area contributed by atoms with Gasteiger partial charge in [-0.15, -0.1) is 0 Å². The van der Waals surface area contributed by atoms with Gasteiger partial charge >= 0.3 is 0 Å². The molecular formula is C27H26ClN3O2. The van der Waals surface area contributed by atoms with Crippen LogP contribution in [0.2, 0.25) is 5.02 Å². The van der Waals surface area contributed by atoms with Crippen LogP contribution in [0.3, 0.4) is 0 Å². The Morgan fingerprint density at radius 1 is 1.06 bits per heavy atom. The molecular weight excluding hydrogens is 434 g/mol. The minimum absolute atomic E-state index is 0.0326. The van der Waals surface area contributed by atoms with Gasteiger partial charge in [-0.3, -0.25) is 9.59 Å². The molecule has 1 fully saturated rings. The summed E-state index contributed by atoms with van der Waals surface area (Å²) >= 11 is 6.42. The van der Waals surface area contributed by atoms with Crippen LogP contribution in [-0.4, -0.2) is 34.8 Å². The number of rotatable bonds is 3. The average molecular weight is 460 g/mol. The molecule has 0 saturated carbocycles. The molecule has 0 spiro atoms. The van der Waals surface area contributed by atoms with Crippen LogP contribution in [0.25, 0.3) is 22.6 Å². The van der Waals surface area contributed by atoms with Gasteiger partial charge in [-0.25, -0.2) is 4.98 Å². The molecule has 2 heterocycles. The molecule has 3 aromatic rings. The molecule has 1 atom stereocenters. The van der Waals surface area contributed by atoms with Crippen molar-refractivity contribution in [2.45, 2.75) is 32.1 Å². The predicted octanol–water partition coefficient (Wildman–Crippen LogP) is 5.10. The standard InChI is InChI=1S/C27H26ClN3O2/c28-22-12-3-1-7-17(22)15-18-8-5-11-21-24(20-10-2-4-13-23(20)30-25(18)21)27(33)31-14-6-9-19(16-31)26(29)32/h1-4,7,10,12-13,15,19H,5-6,8-9,11,14,16H2,(H2,29,32)/b18-15-. The number of primary amides is 1. The summed E-state index contributed by atoms with van der Waals surface area (Å²) in [4.78, 5) is 32.5. The Hall–Kier alpha value is -3.18. The molecule has 1 saturated heterocycles. The molecule has 5 rings (SSSR count). The summed E-state index contributed by atoms with van der Waals surface area (Å²) in [7, 11) is 0. The van der Waals surface area contributed by atoms with Crippen molar-refractivity contribution in [1.29, 1.82) is 0 Å². The van der Waals surface area contributed by atoms with E-state index in [9.17, 15) is 9.59 Å². The second-order valence-corrected chi connectivity index (χ2v) is 9.28. The van der Waals surface area contributed by atoms with Crippen molar-refractivity contribution >= 4 is 46.0 Å². The second-order valence-electron chi connectivity index (χ2n) is 8.87. The number of hydrogen-bond acceptors (Lipinski definition) is 3. The highest BCUT2D eigenvalue weighted by atomic mass is 35.5. The van der Waals surface area contributed by atoms with Crippen molar-refractivity contribution in [2.75, 3.05) is 13.1 Å². The first kappa shape index (κ1) is 21.7. The third-order valence-electron chi connectivity index (χ3n) is 6.73. The molecule has 33 heavy (non-hydrogen) atoms. The molecule has 1 aliphatic carbocycles. The Labute approximate surface area is 198 Å². The van der Waals surface area contributed by atoms with Crippen molar-refractivity contribution in [1.82, 2.24) is 9.88 Å². The summed E-state index contributed by atoms with van der Waals surface area (Å²) in [6.07, 6.45) is 6.22. The van der Waals surface area contributed by atoms with Gasteiger partial charge < -0.3 is 10.6 Å². The fraction of sp³-hybridized carbons (Fsp3) is 0.296. The number of aromatic nitrogens is 1. The van der Waals surface area contributed by atoms with Gasteiger partial charge in [0.05, 0.1) is 22.7 Å². The summed E-state index contributed by atoms with van der Waals surface area (Å²) in [6.45, 7) is 1.01. The number of carbonyl (C=O) groups excluding carboxylic acids is 2. The summed E-state index contributed by atoms with van der Waals surface area (Å²) in [5.41, 5.74) is 11.0. The van der Waals surface area contributed by atoms with Gasteiger partial charge in [0, 0.05) is 23.5 Å². The van der Waals surface area contributed by atoms with E-state index in [1.54, 1.807) is 4.90 Å². The molecule has 2 amide bonds.